The Kier molecular flexibility index (Phi) is 5.05. The molecule has 2 N–H and O–H groups in total. The van der Waals surface area contributed by atoms with E-state index in [1.54, 1.807) is 24.3 Å². The van der Waals surface area contributed by atoms with Crippen LogP contribution in [0.1, 0.15) is 11.1 Å². The van der Waals surface area contributed by atoms with Crippen LogP contribution in [0.25, 0.3) is 0 Å². The lowest BCUT2D eigenvalue weighted by Gasteiger charge is -2.10. The van der Waals surface area contributed by atoms with Crippen molar-refractivity contribution in [2.75, 3.05) is 0 Å². The van der Waals surface area contributed by atoms with Crippen molar-refractivity contribution in [2.45, 2.75) is 5.51 Å². The van der Waals surface area contributed by atoms with E-state index in [2.05, 4.69) is 9.28 Å². The van der Waals surface area contributed by atoms with Crippen molar-refractivity contribution >= 4 is 27.4 Å². The van der Waals surface area contributed by atoms with E-state index in [1.807, 2.05) is 0 Å². The van der Waals surface area contributed by atoms with Gasteiger partial charge in [0.05, 0.1) is 5.71 Å². The summed E-state index contributed by atoms with van der Waals surface area (Å²) in [5, 5.41) is 4.15. The second kappa shape index (κ2) is 6.70. The molecule has 0 fully saturated rings. The number of alkyl halides is 3. The lowest BCUT2D eigenvalue weighted by Crippen LogP contribution is -2.28. The molecule has 0 saturated heterocycles. The Morgan fingerprint density at radius 3 is 1.88 bits per heavy atom. The third kappa shape index (κ3) is 3.98. The lowest BCUT2D eigenvalue weighted by molar-refractivity contribution is -0.0500. The van der Waals surface area contributed by atoms with Crippen LogP contribution in [0, 0.1) is 0 Å². The molecule has 0 heterocycles. The summed E-state index contributed by atoms with van der Waals surface area (Å²) in [5.41, 5.74) is -4.08. The highest BCUT2D eigenvalue weighted by atomic mass is 35.5. The van der Waals surface area contributed by atoms with Gasteiger partial charge in [-0.2, -0.15) is 26.7 Å². The van der Waals surface area contributed by atoms with Gasteiger partial charge in [0, 0.05) is 16.1 Å². The number of rotatable bonds is 4. The molecule has 24 heavy (non-hydrogen) atoms. The molecule has 2 aromatic rings. The Balaban J connectivity index is 2.27. The van der Waals surface area contributed by atoms with Crippen LogP contribution in [-0.2, 0) is 10.1 Å². The fraction of sp³-hybridized carbons (Fsp3) is 0.0714. The minimum Gasteiger partial charge on any atom is -0.376 e. The molecular formula is C14H10ClF3N2O3S. The monoisotopic (exact) mass is 378 g/mol. The first-order valence-corrected chi connectivity index (χ1v) is 8.07. The summed E-state index contributed by atoms with van der Waals surface area (Å²) in [5.74, 6) is 4.87. The van der Waals surface area contributed by atoms with Crippen molar-refractivity contribution in [3.63, 3.8) is 0 Å². The smallest absolute Gasteiger partial charge is 0.376 e. The molecule has 0 bridgehead atoms. The second-order valence-electron chi connectivity index (χ2n) is 4.49. The number of halogens is 4. The SMILES string of the molecule is N/N=C(/c1ccc(Cl)cc1)c1ccc(OS(=O)(=O)C(F)(F)F)cc1. The number of hydrogen-bond donors (Lipinski definition) is 1. The molecule has 0 aliphatic rings. The van der Waals surface area contributed by atoms with Crippen LogP contribution >= 0.6 is 11.6 Å². The summed E-state index contributed by atoms with van der Waals surface area (Å²) in [6.45, 7) is 0. The van der Waals surface area contributed by atoms with E-state index in [4.69, 9.17) is 17.4 Å². The molecule has 2 rings (SSSR count). The maximum absolute atomic E-state index is 12.3. The molecule has 0 saturated carbocycles. The lowest BCUT2D eigenvalue weighted by atomic mass is 10.0. The van der Waals surface area contributed by atoms with Crippen molar-refractivity contribution in [1.29, 1.82) is 0 Å². The summed E-state index contributed by atoms with van der Waals surface area (Å²) in [7, 11) is -5.72. The van der Waals surface area contributed by atoms with Gasteiger partial charge < -0.3 is 10.0 Å². The van der Waals surface area contributed by atoms with Gasteiger partial charge in [0.1, 0.15) is 5.75 Å². The Hall–Kier alpha value is -2.26. The molecule has 0 spiro atoms. The minimum absolute atomic E-state index is 0.344. The van der Waals surface area contributed by atoms with E-state index in [0.717, 1.165) is 12.1 Å². The van der Waals surface area contributed by atoms with Crippen molar-refractivity contribution in [3.05, 3.63) is 64.7 Å². The number of hydrogen-bond acceptors (Lipinski definition) is 5. The van der Waals surface area contributed by atoms with Gasteiger partial charge in [-0.05, 0) is 36.4 Å². The first-order valence-electron chi connectivity index (χ1n) is 6.29. The summed E-state index contributed by atoms with van der Waals surface area (Å²) in [6.07, 6.45) is 0. The van der Waals surface area contributed by atoms with E-state index in [0.29, 0.717) is 21.9 Å². The molecule has 2 aromatic carbocycles. The molecule has 0 aliphatic carbocycles. The molecule has 0 aliphatic heterocycles. The zero-order valence-corrected chi connectivity index (χ0v) is 13.4. The van der Waals surface area contributed by atoms with Crippen LogP contribution in [0.4, 0.5) is 13.2 Å². The molecule has 0 amide bonds. The van der Waals surface area contributed by atoms with Crippen LogP contribution in [0.2, 0.25) is 5.02 Å². The first-order chi connectivity index (χ1) is 11.1. The normalized spacial score (nSPS) is 12.9. The van der Waals surface area contributed by atoms with Crippen LogP contribution in [0.3, 0.4) is 0 Å². The van der Waals surface area contributed by atoms with Gasteiger partial charge in [0.25, 0.3) is 0 Å². The number of benzene rings is 2. The van der Waals surface area contributed by atoms with Crippen molar-refractivity contribution in [2.24, 2.45) is 10.9 Å². The summed E-state index contributed by atoms with van der Waals surface area (Å²) < 4.78 is 62.7. The van der Waals surface area contributed by atoms with E-state index in [-0.39, 0.29) is 0 Å². The van der Waals surface area contributed by atoms with Gasteiger partial charge in [-0.3, -0.25) is 0 Å². The maximum Gasteiger partial charge on any atom is 0.534 e. The Morgan fingerprint density at radius 1 is 1.00 bits per heavy atom. The number of nitrogens with two attached hydrogens (primary N) is 1. The predicted molar refractivity (Wildman–Crippen MR) is 83.3 cm³/mol. The fourth-order valence-electron chi connectivity index (χ4n) is 1.77. The number of hydrazone groups is 1. The summed E-state index contributed by atoms with van der Waals surface area (Å²) in [6, 6.07) is 11.4. The zero-order chi connectivity index (χ0) is 18.0. The first kappa shape index (κ1) is 18.1. The molecule has 0 unspecified atom stereocenters. The van der Waals surface area contributed by atoms with Gasteiger partial charge in [0.2, 0.25) is 0 Å². The van der Waals surface area contributed by atoms with Gasteiger partial charge in [-0.1, -0.05) is 23.7 Å². The summed E-state index contributed by atoms with van der Waals surface area (Å²) in [4.78, 5) is 0. The quantitative estimate of drug-likeness (QED) is 0.291. The van der Waals surface area contributed by atoms with Gasteiger partial charge in [0.15, 0.2) is 0 Å². The van der Waals surface area contributed by atoms with Gasteiger partial charge in [-0.15, -0.1) is 0 Å². The van der Waals surface area contributed by atoms with Crippen LogP contribution in [0.15, 0.2) is 53.6 Å². The third-order valence-electron chi connectivity index (χ3n) is 2.86. The third-order valence-corrected chi connectivity index (χ3v) is 4.09. The van der Waals surface area contributed by atoms with E-state index in [9.17, 15) is 21.6 Å². The highest BCUT2D eigenvalue weighted by Gasteiger charge is 2.48. The highest BCUT2D eigenvalue weighted by molar-refractivity contribution is 7.88. The Bertz CT molecular complexity index is 848. The van der Waals surface area contributed by atoms with E-state index in [1.165, 1.54) is 12.1 Å². The van der Waals surface area contributed by atoms with Crippen LogP contribution in [-0.4, -0.2) is 19.6 Å². The minimum atomic E-state index is -5.72. The summed E-state index contributed by atoms with van der Waals surface area (Å²) >= 11 is 5.79. The predicted octanol–water partition coefficient (Wildman–Crippen LogP) is 3.28. The average molecular weight is 379 g/mol. The van der Waals surface area contributed by atoms with Gasteiger partial charge in [-0.25, -0.2) is 0 Å². The molecule has 0 aromatic heterocycles. The Labute approximate surface area is 140 Å². The zero-order valence-electron chi connectivity index (χ0n) is 11.8. The molecule has 0 radical (unpaired) electrons. The Morgan fingerprint density at radius 2 is 1.46 bits per heavy atom. The molecule has 0 atom stereocenters. The maximum atomic E-state index is 12.3. The van der Waals surface area contributed by atoms with Crippen LogP contribution < -0.4 is 10.0 Å². The average Bonchev–Trinajstić information content (AvgIpc) is 2.50. The largest absolute Gasteiger partial charge is 0.534 e. The van der Waals surface area contributed by atoms with Crippen molar-refractivity contribution in [1.82, 2.24) is 0 Å². The fourth-order valence-corrected chi connectivity index (χ4v) is 2.35. The van der Waals surface area contributed by atoms with E-state index >= 15 is 0 Å². The molecule has 5 nitrogen and oxygen atoms in total. The topological polar surface area (TPSA) is 81.8 Å². The number of nitrogens with zero attached hydrogens (tertiary/aromatic N) is 1. The van der Waals surface area contributed by atoms with Crippen molar-refractivity contribution in [3.8, 4) is 5.75 Å². The van der Waals surface area contributed by atoms with Gasteiger partial charge >= 0.3 is 15.6 Å². The van der Waals surface area contributed by atoms with Crippen LogP contribution in [0.5, 0.6) is 5.75 Å². The molecular weight excluding hydrogens is 369 g/mol. The molecule has 10 heteroatoms. The van der Waals surface area contributed by atoms with E-state index < -0.39 is 21.4 Å². The second-order valence-corrected chi connectivity index (χ2v) is 6.47. The highest BCUT2D eigenvalue weighted by Crippen LogP contribution is 2.27. The van der Waals surface area contributed by atoms with Crippen molar-refractivity contribution < 1.29 is 25.8 Å². The standard InChI is InChI=1S/C14H10ClF3N2O3S/c15-11-5-1-9(2-6-11)13(20-19)10-3-7-12(8-4-10)23-24(21,22)14(16,17)18/h1-8H,19H2/b20-13-. The molecule has 128 valence electrons.